The van der Waals surface area contributed by atoms with Crippen LogP contribution >= 0.6 is 0 Å². The molecule has 1 aliphatic heterocycles. The van der Waals surface area contributed by atoms with E-state index < -0.39 is 0 Å². The molecule has 156 valence electrons. The zero-order valence-electron chi connectivity index (χ0n) is 17.3. The molecule has 8 nitrogen and oxygen atoms in total. The highest BCUT2D eigenvalue weighted by Gasteiger charge is 2.25. The van der Waals surface area contributed by atoms with Crippen LogP contribution in [0.2, 0.25) is 0 Å². The Balaban J connectivity index is 2.31. The lowest BCUT2D eigenvalue weighted by Crippen LogP contribution is -2.44. The van der Waals surface area contributed by atoms with Crippen molar-refractivity contribution in [2.24, 2.45) is 5.92 Å². The van der Waals surface area contributed by atoms with E-state index in [1.165, 1.54) is 7.11 Å². The maximum Gasteiger partial charge on any atom is 0.257 e. The van der Waals surface area contributed by atoms with Crippen LogP contribution in [-0.2, 0) is 14.3 Å². The van der Waals surface area contributed by atoms with Crippen molar-refractivity contribution in [1.29, 1.82) is 0 Å². The van der Waals surface area contributed by atoms with Gasteiger partial charge in [0.05, 0.1) is 11.7 Å². The molecule has 2 amide bonds. The summed E-state index contributed by atoms with van der Waals surface area (Å²) >= 11 is 0. The Labute approximate surface area is 166 Å². The van der Waals surface area contributed by atoms with E-state index in [1.807, 2.05) is 6.92 Å². The van der Waals surface area contributed by atoms with Crippen LogP contribution in [0.4, 0.5) is 5.69 Å². The maximum absolute atomic E-state index is 13.0. The number of nitrogens with zero attached hydrogens (tertiary/aromatic N) is 1. The van der Waals surface area contributed by atoms with E-state index in [4.69, 9.17) is 14.2 Å². The van der Waals surface area contributed by atoms with E-state index in [9.17, 15) is 9.59 Å². The number of carbonyl (C=O) groups is 2. The highest BCUT2D eigenvalue weighted by Crippen LogP contribution is 2.26. The number of methoxy groups -OCH3 is 2. The first-order valence-corrected chi connectivity index (χ1v) is 9.43. The number of fused-ring (bicyclic) bond motifs is 1. The number of likely N-dealkylation sites (N-methyl/N-ethyl adjacent to an activating group) is 1. The van der Waals surface area contributed by atoms with Gasteiger partial charge in [-0.05, 0) is 25.0 Å². The van der Waals surface area contributed by atoms with Crippen molar-refractivity contribution in [2.45, 2.75) is 26.0 Å². The van der Waals surface area contributed by atoms with Gasteiger partial charge in [0, 0.05) is 52.2 Å². The topological polar surface area (TPSA) is 89.1 Å². The van der Waals surface area contributed by atoms with Crippen molar-refractivity contribution >= 4 is 17.5 Å². The van der Waals surface area contributed by atoms with Crippen LogP contribution in [0.3, 0.4) is 0 Å². The number of hydrogen-bond acceptors (Lipinski definition) is 6. The predicted octanol–water partition coefficient (Wildman–Crippen LogP) is 1.37. The summed E-state index contributed by atoms with van der Waals surface area (Å²) in [4.78, 5) is 26.4. The first kappa shape index (κ1) is 22.1. The average Bonchev–Trinajstić information content (AvgIpc) is 2.67. The molecule has 0 aliphatic carbocycles. The smallest absolute Gasteiger partial charge is 0.257 e. The fourth-order valence-electron chi connectivity index (χ4n) is 3.06. The molecule has 28 heavy (non-hydrogen) atoms. The Morgan fingerprint density at radius 3 is 2.79 bits per heavy atom. The highest BCUT2D eigenvalue weighted by molar-refractivity contribution is 5.98. The zero-order chi connectivity index (χ0) is 20.7. The Bertz CT molecular complexity index is 682. The third-order valence-electron chi connectivity index (χ3n) is 4.79. The summed E-state index contributed by atoms with van der Waals surface area (Å²) < 4.78 is 16.4. The van der Waals surface area contributed by atoms with Gasteiger partial charge < -0.3 is 29.7 Å². The van der Waals surface area contributed by atoms with Gasteiger partial charge in [-0.2, -0.15) is 0 Å². The number of rotatable bonds is 4. The standard InChI is InChI=1S/C20H31N3O5/c1-13-9-21-14(2)11-28-17-8-15(22-19(24)12-26-4)6-7-16(17)20(25)23(3)10-18(13)27-5/h6-8,13-14,18,21H,9-12H2,1-5H3,(H,22,24)/t13-,14-,18+/m0/s1. The van der Waals surface area contributed by atoms with Crippen molar-refractivity contribution in [2.75, 3.05) is 52.9 Å². The molecule has 2 N–H and O–H groups in total. The maximum atomic E-state index is 13.0. The van der Waals surface area contributed by atoms with Gasteiger partial charge in [0.15, 0.2) is 0 Å². The minimum atomic E-state index is -0.272. The lowest BCUT2D eigenvalue weighted by Gasteiger charge is -2.30. The van der Waals surface area contributed by atoms with Crippen LogP contribution in [0.5, 0.6) is 5.75 Å². The minimum Gasteiger partial charge on any atom is -0.491 e. The predicted molar refractivity (Wildman–Crippen MR) is 107 cm³/mol. The Kier molecular flexibility index (Phi) is 8.22. The number of anilines is 1. The Morgan fingerprint density at radius 2 is 2.11 bits per heavy atom. The summed E-state index contributed by atoms with van der Waals surface area (Å²) in [6, 6.07) is 5.12. The van der Waals surface area contributed by atoms with Gasteiger partial charge in [0.2, 0.25) is 5.91 Å². The van der Waals surface area contributed by atoms with E-state index in [0.717, 1.165) is 6.54 Å². The normalized spacial score (nSPS) is 23.8. The Morgan fingerprint density at radius 1 is 1.36 bits per heavy atom. The zero-order valence-corrected chi connectivity index (χ0v) is 17.3. The summed E-state index contributed by atoms with van der Waals surface area (Å²) in [5.41, 5.74) is 0.995. The number of carbonyl (C=O) groups excluding carboxylic acids is 2. The fourth-order valence-corrected chi connectivity index (χ4v) is 3.06. The molecule has 8 heteroatoms. The molecule has 0 fully saturated rings. The van der Waals surface area contributed by atoms with Crippen molar-refractivity contribution in [3.05, 3.63) is 23.8 Å². The molecule has 0 radical (unpaired) electrons. The Hall–Kier alpha value is -2.16. The second kappa shape index (κ2) is 10.4. The molecule has 1 aliphatic rings. The van der Waals surface area contributed by atoms with Crippen LogP contribution in [0.15, 0.2) is 18.2 Å². The van der Waals surface area contributed by atoms with Crippen molar-refractivity contribution in [3.8, 4) is 5.75 Å². The molecule has 1 aromatic rings. The molecule has 2 rings (SSSR count). The van der Waals surface area contributed by atoms with Gasteiger partial charge >= 0.3 is 0 Å². The van der Waals surface area contributed by atoms with Gasteiger partial charge in [-0.1, -0.05) is 6.92 Å². The van der Waals surface area contributed by atoms with Crippen molar-refractivity contribution < 1.29 is 23.8 Å². The van der Waals surface area contributed by atoms with Gasteiger partial charge in [-0.25, -0.2) is 0 Å². The molecule has 0 saturated heterocycles. The molecule has 0 spiro atoms. The minimum absolute atomic E-state index is 0.0445. The van der Waals surface area contributed by atoms with E-state index >= 15 is 0 Å². The highest BCUT2D eigenvalue weighted by atomic mass is 16.5. The molecule has 0 bridgehead atoms. The first-order chi connectivity index (χ1) is 13.3. The van der Waals surface area contributed by atoms with E-state index in [-0.39, 0.29) is 36.5 Å². The molecule has 0 aromatic heterocycles. The van der Waals surface area contributed by atoms with Crippen LogP contribution in [0.25, 0.3) is 0 Å². The third-order valence-corrected chi connectivity index (χ3v) is 4.79. The number of hydrogen-bond donors (Lipinski definition) is 2. The summed E-state index contributed by atoms with van der Waals surface area (Å²) in [5.74, 6) is 0.245. The lowest BCUT2D eigenvalue weighted by atomic mass is 10.0. The molecule has 1 heterocycles. The second-order valence-corrected chi connectivity index (χ2v) is 7.25. The van der Waals surface area contributed by atoms with E-state index in [2.05, 4.69) is 17.6 Å². The van der Waals surface area contributed by atoms with Crippen LogP contribution < -0.4 is 15.4 Å². The van der Waals surface area contributed by atoms with Crippen molar-refractivity contribution in [3.63, 3.8) is 0 Å². The number of amides is 2. The van der Waals surface area contributed by atoms with Gasteiger partial charge in [0.25, 0.3) is 5.91 Å². The summed E-state index contributed by atoms with van der Waals surface area (Å²) in [5, 5.41) is 6.17. The van der Waals surface area contributed by atoms with Crippen LogP contribution in [0, 0.1) is 5.92 Å². The monoisotopic (exact) mass is 393 g/mol. The molecule has 3 atom stereocenters. The molecular weight excluding hydrogens is 362 g/mol. The van der Waals surface area contributed by atoms with Crippen LogP contribution in [0.1, 0.15) is 24.2 Å². The van der Waals surface area contributed by atoms with Crippen molar-refractivity contribution in [1.82, 2.24) is 10.2 Å². The number of benzene rings is 1. The third kappa shape index (κ3) is 5.92. The van der Waals surface area contributed by atoms with Gasteiger partial charge in [0.1, 0.15) is 19.0 Å². The molecule has 0 unspecified atom stereocenters. The van der Waals surface area contributed by atoms with Gasteiger partial charge in [-0.3, -0.25) is 9.59 Å². The quantitative estimate of drug-likeness (QED) is 0.803. The number of nitrogens with one attached hydrogen (secondary N) is 2. The SMILES string of the molecule is COCC(=O)Nc1ccc2c(c1)OC[C@H](C)NC[C@H](C)[C@H](OC)CN(C)C2=O. The largest absolute Gasteiger partial charge is 0.491 e. The van der Waals surface area contributed by atoms with E-state index in [1.54, 1.807) is 37.3 Å². The summed E-state index contributed by atoms with van der Waals surface area (Å²) in [7, 11) is 4.88. The average molecular weight is 393 g/mol. The fraction of sp³-hybridized carbons (Fsp3) is 0.600. The van der Waals surface area contributed by atoms with E-state index in [0.29, 0.717) is 30.2 Å². The lowest BCUT2D eigenvalue weighted by molar-refractivity contribution is -0.119. The molecule has 1 aromatic carbocycles. The summed E-state index contributed by atoms with van der Waals surface area (Å²) in [6.45, 7) is 5.70. The number of ether oxygens (including phenoxy) is 3. The molecule has 0 saturated carbocycles. The second-order valence-electron chi connectivity index (χ2n) is 7.25. The van der Waals surface area contributed by atoms with Crippen LogP contribution in [-0.4, -0.2) is 76.4 Å². The van der Waals surface area contributed by atoms with Gasteiger partial charge in [-0.15, -0.1) is 0 Å². The first-order valence-electron chi connectivity index (χ1n) is 9.43. The molecular formula is C20H31N3O5. The summed E-state index contributed by atoms with van der Waals surface area (Å²) in [6.07, 6.45) is -0.0787.